The molecule has 4 heteroatoms. The first-order valence-electron chi connectivity index (χ1n) is 15.6. The molecule has 3 nitrogen and oxygen atoms in total. The molecular weight excluding hydrogens is 579 g/mol. The maximum Gasteiger partial charge on any atom is 0.235 e. The van der Waals surface area contributed by atoms with Gasteiger partial charge in [0.1, 0.15) is 0 Å². The van der Waals surface area contributed by atoms with E-state index in [4.69, 9.17) is 9.97 Å². The minimum atomic E-state index is 0.685. The van der Waals surface area contributed by atoms with Crippen LogP contribution < -0.4 is 0 Å². The number of benzene rings is 7. The number of fused-ring (bicyclic) bond motifs is 7. The summed E-state index contributed by atoms with van der Waals surface area (Å²) >= 11 is 1.90. The van der Waals surface area contributed by atoms with Gasteiger partial charge in [0.05, 0.1) is 22.2 Å². The van der Waals surface area contributed by atoms with Gasteiger partial charge in [-0.2, -0.15) is 0 Å². The molecule has 0 radical (unpaired) electrons. The Balaban J connectivity index is 1.36. The van der Waals surface area contributed by atoms with Gasteiger partial charge in [0.25, 0.3) is 0 Å². The molecule has 0 fully saturated rings. The predicted octanol–water partition coefficient (Wildman–Crippen LogP) is 11.6. The number of rotatable bonds is 2. The summed E-state index contributed by atoms with van der Waals surface area (Å²) in [4.78, 5) is 10.6. The van der Waals surface area contributed by atoms with Gasteiger partial charge in [0.2, 0.25) is 5.95 Å². The maximum absolute atomic E-state index is 5.35. The van der Waals surface area contributed by atoms with Crippen molar-refractivity contribution in [1.82, 2.24) is 14.5 Å². The summed E-state index contributed by atoms with van der Waals surface area (Å²) in [5.74, 6) is 0.685. The van der Waals surface area contributed by atoms with Crippen LogP contribution in [0.1, 0.15) is 0 Å². The average molecular weight is 602 g/mol. The first kappa shape index (κ1) is 24.5. The quantitative estimate of drug-likeness (QED) is 0.197. The lowest BCUT2D eigenvalue weighted by atomic mass is 9.93. The van der Waals surface area contributed by atoms with Crippen molar-refractivity contribution in [2.75, 3.05) is 0 Å². The molecule has 0 atom stereocenters. The lowest BCUT2D eigenvalue weighted by Gasteiger charge is -2.13. The van der Waals surface area contributed by atoms with Crippen molar-refractivity contribution >= 4 is 75.0 Å². The molecule has 7 aromatic carbocycles. The van der Waals surface area contributed by atoms with Crippen LogP contribution in [0.15, 0.2) is 140 Å². The van der Waals surface area contributed by atoms with E-state index >= 15 is 0 Å². The Hall–Kier alpha value is -5.84. The van der Waals surface area contributed by atoms with E-state index in [1.165, 1.54) is 64.0 Å². The molecule has 3 aromatic heterocycles. The number of hydrogen-bond donors (Lipinski definition) is 0. The fourth-order valence-electron chi connectivity index (χ4n) is 7.85. The monoisotopic (exact) mass is 601 g/mol. The molecule has 0 N–H and O–H groups in total. The minimum absolute atomic E-state index is 0.685. The second kappa shape index (κ2) is 8.87. The molecule has 1 aliphatic carbocycles. The van der Waals surface area contributed by atoms with E-state index in [1.807, 2.05) is 11.3 Å². The largest absolute Gasteiger partial charge is 0.278 e. The van der Waals surface area contributed by atoms with E-state index in [0.29, 0.717) is 5.95 Å². The molecule has 212 valence electrons. The normalized spacial score (nSPS) is 12.3. The fourth-order valence-corrected chi connectivity index (χ4v) is 9.16. The van der Waals surface area contributed by atoms with Crippen LogP contribution in [0.2, 0.25) is 0 Å². The molecule has 0 aliphatic heterocycles. The van der Waals surface area contributed by atoms with Crippen LogP contribution in [-0.2, 0) is 0 Å². The molecule has 46 heavy (non-hydrogen) atoms. The van der Waals surface area contributed by atoms with Crippen molar-refractivity contribution in [2.45, 2.75) is 0 Å². The van der Waals surface area contributed by atoms with Crippen LogP contribution in [0, 0.1) is 0 Å². The Bertz CT molecular complexity index is 2910. The molecule has 1 aliphatic rings. The summed E-state index contributed by atoms with van der Waals surface area (Å²) in [6.45, 7) is 0. The van der Waals surface area contributed by atoms with Crippen molar-refractivity contribution in [1.29, 1.82) is 0 Å². The van der Waals surface area contributed by atoms with Gasteiger partial charge in [-0.25, -0.2) is 9.97 Å². The van der Waals surface area contributed by atoms with E-state index in [9.17, 15) is 0 Å². The third-order valence-electron chi connectivity index (χ3n) is 9.73. The molecular formula is C42H23N3S. The van der Waals surface area contributed by atoms with Crippen molar-refractivity contribution < 1.29 is 0 Å². The van der Waals surface area contributed by atoms with Crippen LogP contribution >= 0.6 is 11.3 Å². The summed E-state index contributed by atoms with van der Waals surface area (Å²) in [5, 5.41) is 8.81. The Kier molecular flexibility index (Phi) is 4.72. The van der Waals surface area contributed by atoms with Crippen LogP contribution in [0.3, 0.4) is 0 Å². The van der Waals surface area contributed by atoms with Gasteiger partial charge < -0.3 is 0 Å². The van der Waals surface area contributed by atoms with Crippen LogP contribution in [0.4, 0.5) is 0 Å². The summed E-state index contributed by atoms with van der Waals surface area (Å²) in [6.07, 6.45) is 0. The van der Waals surface area contributed by atoms with E-state index in [1.54, 1.807) is 0 Å². The summed E-state index contributed by atoms with van der Waals surface area (Å²) in [5.41, 5.74) is 10.4. The standard InChI is InChI=1S/C42H23N3S/c1-2-11-25(12-3-1)40-29-15-4-6-20-32(29)43-42(44-40)45-33-21-7-5-16-30(33)37-34(45)23-31-28-18-9-14-24-13-8-17-26(36(24)28)27-19-10-22-35-38(27)39(31)41(37)46-35/h1-23H. The third-order valence-corrected chi connectivity index (χ3v) is 10.9. The highest BCUT2D eigenvalue weighted by Crippen LogP contribution is 2.53. The van der Waals surface area contributed by atoms with Gasteiger partial charge in [0.15, 0.2) is 0 Å². The van der Waals surface area contributed by atoms with Crippen molar-refractivity contribution in [3.05, 3.63) is 140 Å². The van der Waals surface area contributed by atoms with Crippen molar-refractivity contribution in [2.24, 2.45) is 0 Å². The Labute approximate surface area is 267 Å². The molecule has 0 spiro atoms. The molecule has 3 heterocycles. The molecule has 0 saturated carbocycles. The summed E-state index contributed by atoms with van der Waals surface area (Å²) in [6, 6.07) is 50.2. The number of para-hydroxylation sites is 2. The van der Waals surface area contributed by atoms with Crippen LogP contribution in [-0.4, -0.2) is 14.5 Å². The lowest BCUT2D eigenvalue weighted by molar-refractivity contribution is 1.01. The molecule has 10 aromatic rings. The Morgan fingerprint density at radius 3 is 2.02 bits per heavy atom. The summed E-state index contributed by atoms with van der Waals surface area (Å²) in [7, 11) is 0. The van der Waals surface area contributed by atoms with E-state index in [0.717, 1.165) is 33.2 Å². The molecule has 0 amide bonds. The van der Waals surface area contributed by atoms with E-state index in [-0.39, 0.29) is 0 Å². The highest BCUT2D eigenvalue weighted by atomic mass is 32.1. The number of thiophene rings is 1. The SMILES string of the molecule is c1ccc(-c2nc(-n3c4ccccc4c4c5sc6cccc7c6c5c(cc43)-c3cccc4cccc-7c34)nc3ccccc23)cc1. The van der Waals surface area contributed by atoms with Crippen LogP contribution in [0.25, 0.3) is 103 Å². The fraction of sp³-hybridized carbons (Fsp3) is 0. The van der Waals surface area contributed by atoms with Crippen LogP contribution in [0.5, 0.6) is 0 Å². The smallest absolute Gasteiger partial charge is 0.235 e. The zero-order valence-corrected chi connectivity index (χ0v) is 25.3. The first-order chi connectivity index (χ1) is 22.8. The zero-order chi connectivity index (χ0) is 29.9. The number of hydrogen-bond acceptors (Lipinski definition) is 3. The van der Waals surface area contributed by atoms with E-state index < -0.39 is 0 Å². The average Bonchev–Trinajstić information content (AvgIpc) is 3.63. The Morgan fingerprint density at radius 2 is 1.17 bits per heavy atom. The second-order valence-corrected chi connectivity index (χ2v) is 13.2. The highest BCUT2D eigenvalue weighted by molar-refractivity contribution is 7.27. The van der Waals surface area contributed by atoms with E-state index in [2.05, 4.69) is 144 Å². The minimum Gasteiger partial charge on any atom is -0.278 e. The highest BCUT2D eigenvalue weighted by Gasteiger charge is 2.27. The second-order valence-electron chi connectivity index (χ2n) is 12.1. The van der Waals surface area contributed by atoms with Crippen molar-refractivity contribution in [3.63, 3.8) is 0 Å². The number of nitrogens with zero attached hydrogens (tertiary/aromatic N) is 3. The number of aromatic nitrogens is 3. The van der Waals surface area contributed by atoms with Gasteiger partial charge in [-0.1, -0.05) is 115 Å². The maximum atomic E-state index is 5.35. The molecule has 0 saturated heterocycles. The lowest BCUT2D eigenvalue weighted by Crippen LogP contribution is -2.03. The molecule has 11 rings (SSSR count). The van der Waals surface area contributed by atoms with Gasteiger partial charge in [-0.05, 0) is 57.3 Å². The topological polar surface area (TPSA) is 30.7 Å². The van der Waals surface area contributed by atoms with Crippen molar-refractivity contribution in [3.8, 4) is 39.5 Å². The van der Waals surface area contributed by atoms with Gasteiger partial charge in [-0.15, -0.1) is 11.3 Å². The zero-order valence-electron chi connectivity index (χ0n) is 24.5. The first-order valence-corrected chi connectivity index (χ1v) is 16.4. The molecule has 0 bridgehead atoms. The predicted molar refractivity (Wildman–Crippen MR) is 194 cm³/mol. The summed E-state index contributed by atoms with van der Waals surface area (Å²) < 4.78 is 4.93. The van der Waals surface area contributed by atoms with Gasteiger partial charge in [0, 0.05) is 41.9 Å². The van der Waals surface area contributed by atoms with Gasteiger partial charge in [-0.3, -0.25) is 4.57 Å². The van der Waals surface area contributed by atoms with Gasteiger partial charge >= 0.3 is 0 Å². The Morgan fingerprint density at radius 1 is 0.478 bits per heavy atom. The molecule has 0 unspecified atom stereocenters. The third kappa shape index (κ3) is 3.11.